The Balaban J connectivity index is 0. The number of ether oxygens (including phenoxy) is 4. The first-order valence-corrected chi connectivity index (χ1v) is 8.17. The van der Waals surface area contributed by atoms with Crippen LogP contribution in [0.1, 0.15) is 40.5 Å². The van der Waals surface area contributed by atoms with E-state index in [1.807, 2.05) is 13.8 Å². The van der Waals surface area contributed by atoms with Crippen LogP contribution in [0, 0.1) is 0 Å². The average Bonchev–Trinajstić information content (AvgIpc) is 2.54. The molecule has 0 aliphatic heterocycles. The summed E-state index contributed by atoms with van der Waals surface area (Å²) in [7, 11) is 0. The van der Waals surface area contributed by atoms with Gasteiger partial charge in [0.15, 0.2) is 0 Å². The van der Waals surface area contributed by atoms with Gasteiger partial charge in [0.05, 0.1) is 13.2 Å². The molecule has 0 aromatic heterocycles. The Hall–Kier alpha value is -1.66. The van der Waals surface area contributed by atoms with Gasteiger partial charge in [-0.15, -0.1) is 0 Å². The lowest BCUT2D eigenvalue weighted by Crippen LogP contribution is -2.11. The largest absolute Gasteiger partial charge is 0.462 e. The molecule has 0 fully saturated rings. The van der Waals surface area contributed by atoms with E-state index in [0.29, 0.717) is 50.8 Å². The van der Waals surface area contributed by atoms with Gasteiger partial charge in [0.1, 0.15) is 6.61 Å². The third-order valence-electron chi connectivity index (χ3n) is 2.38. The van der Waals surface area contributed by atoms with Crippen LogP contribution < -0.4 is 0 Å². The number of carbonyl (C=O) groups excluding carboxylic acids is 2. The average molecular weight is 344 g/mol. The Labute approximate surface area is 145 Å². The molecule has 0 aliphatic carbocycles. The molecule has 0 aromatic rings. The summed E-state index contributed by atoms with van der Waals surface area (Å²) in [6, 6.07) is 0. The molecule has 140 valence electrons. The van der Waals surface area contributed by atoms with E-state index in [0.717, 1.165) is 12.8 Å². The van der Waals surface area contributed by atoms with Crippen molar-refractivity contribution in [3.63, 3.8) is 0 Å². The molecule has 0 N–H and O–H groups in total. The Bertz CT molecular complexity index is 340. The molecule has 6 heteroatoms. The number of esters is 2. The van der Waals surface area contributed by atoms with Crippen molar-refractivity contribution in [1.82, 2.24) is 0 Å². The third-order valence-corrected chi connectivity index (χ3v) is 2.38. The zero-order valence-corrected chi connectivity index (χ0v) is 15.5. The maximum absolute atomic E-state index is 10.8. The molecule has 0 rings (SSSR count). The molecule has 0 atom stereocenters. The van der Waals surface area contributed by atoms with Gasteiger partial charge >= 0.3 is 11.9 Å². The van der Waals surface area contributed by atoms with Crippen molar-refractivity contribution in [3.05, 3.63) is 24.3 Å². The molecule has 0 bridgehead atoms. The Morgan fingerprint density at radius 1 is 0.750 bits per heavy atom. The van der Waals surface area contributed by atoms with Crippen LogP contribution in [0.2, 0.25) is 0 Å². The normalized spacial score (nSPS) is 9.50. The van der Waals surface area contributed by atoms with E-state index in [1.165, 1.54) is 0 Å². The molecular weight excluding hydrogens is 312 g/mol. The molecule has 0 unspecified atom stereocenters. The maximum Gasteiger partial charge on any atom is 0.333 e. The molecule has 0 spiro atoms. The minimum Gasteiger partial charge on any atom is -0.462 e. The van der Waals surface area contributed by atoms with E-state index in [1.54, 1.807) is 13.8 Å². The number of rotatable bonds is 12. The van der Waals surface area contributed by atoms with E-state index in [-0.39, 0.29) is 11.9 Å². The van der Waals surface area contributed by atoms with Crippen LogP contribution in [-0.4, -0.2) is 51.6 Å². The predicted molar refractivity (Wildman–Crippen MR) is 93.8 cm³/mol. The third kappa shape index (κ3) is 18.4. The summed E-state index contributed by atoms with van der Waals surface area (Å²) in [4.78, 5) is 21.6. The molecule has 0 aliphatic rings. The molecule has 6 nitrogen and oxygen atoms in total. The molecular formula is C18H32O6. The highest BCUT2D eigenvalue weighted by Crippen LogP contribution is 1.93. The van der Waals surface area contributed by atoms with Gasteiger partial charge in [-0.25, -0.2) is 9.59 Å². The van der Waals surface area contributed by atoms with Gasteiger partial charge in [0.2, 0.25) is 0 Å². The first-order chi connectivity index (χ1) is 11.4. The highest BCUT2D eigenvalue weighted by atomic mass is 16.6. The second kappa shape index (κ2) is 17.7. The van der Waals surface area contributed by atoms with E-state index in [4.69, 9.17) is 18.9 Å². The topological polar surface area (TPSA) is 71.1 Å². The van der Waals surface area contributed by atoms with Crippen LogP contribution in [0.15, 0.2) is 24.3 Å². The van der Waals surface area contributed by atoms with Gasteiger partial charge in [0, 0.05) is 37.4 Å². The van der Waals surface area contributed by atoms with Crippen molar-refractivity contribution >= 4 is 11.9 Å². The van der Waals surface area contributed by atoms with Crippen LogP contribution in [0.3, 0.4) is 0 Å². The summed E-state index contributed by atoms with van der Waals surface area (Å²) in [5, 5.41) is 0. The Morgan fingerprint density at radius 3 is 1.75 bits per heavy atom. The molecule has 0 amide bonds. The molecule has 0 radical (unpaired) electrons. The second-order valence-electron chi connectivity index (χ2n) is 5.00. The fourth-order valence-electron chi connectivity index (χ4n) is 1.16. The van der Waals surface area contributed by atoms with E-state index in [2.05, 4.69) is 13.2 Å². The van der Waals surface area contributed by atoms with Crippen LogP contribution in [0.25, 0.3) is 0 Å². The molecule has 24 heavy (non-hydrogen) atoms. The first-order valence-electron chi connectivity index (χ1n) is 8.17. The maximum atomic E-state index is 10.8. The highest BCUT2D eigenvalue weighted by Gasteiger charge is 2.01. The van der Waals surface area contributed by atoms with Gasteiger partial charge < -0.3 is 18.9 Å². The van der Waals surface area contributed by atoms with Gasteiger partial charge in [-0.1, -0.05) is 20.1 Å². The summed E-state index contributed by atoms with van der Waals surface area (Å²) in [5.74, 6) is -0.679. The fraction of sp³-hybridized carbons (Fsp3) is 0.667. The molecule has 0 saturated carbocycles. The molecule has 0 heterocycles. The quantitative estimate of drug-likeness (QED) is 0.308. The number of hydrogen-bond donors (Lipinski definition) is 0. The van der Waals surface area contributed by atoms with E-state index in [9.17, 15) is 9.59 Å². The Morgan fingerprint density at radius 2 is 1.29 bits per heavy atom. The zero-order valence-electron chi connectivity index (χ0n) is 15.5. The summed E-state index contributed by atoms with van der Waals surface area (Å²) in [6.07, 6.45) is 1.72. The van der Waals surface area contributed by atoms with E-state index < -0.39 is 0 Å². The van der Waals surface area contributed by atoms with E-state index >= 15 is 0 Å². The molecule has 0 aromatic carbocycles. The van der Waals surface area contributed by atoms with Crippen molar-refractivity contribution < 1.29 is 28.5 Å². The van der Waals surface area contributed by atoms with Crippen molar-refractivity contribution in [2.45, 2.75) is 40.5 Å². The second-order valence-corrected chi connectivity index (χ2v) is 5.00. The summed E-state index contributed by atoms with van der Waals surface area (Å²) < 4.78 is 19.8. The minimum absolute atomic E-state index is 0.311. The fourth-order valence-corrected chi connectivity index (χ4v) is 1.16. The lowest BCUT2D eigenvalue weighted by Gasteiger charge is -2.04. The van der Waals surface area contributed by atoms with Gasteiger partial charge in [-0.3, -0.25) is 0 Å². The zero-order chi connectivity index (χ0) is 18.8. The molecule has 0 saturated heterocycles. The lowest BCUT2D eigenvalue weighted by atomic mass is 10.4. The monoisotopic (exact) mass is 344 g/mol. The van der Waals surface area contributed by atoms with Crippen LogP contribution >= 0.6 is 0 Å². The first kappa shape index (κ1) is 24.6. The van der Waals surface area contributed by atoms with Crippen LogP contribution in [0.5, 0.6) is 0 Å². The number of carbonyl (C=O) groups is 2. The standard InChI is InChI=1S/2C9H16O3/c1-4-11-6-5-7-12-9(10)8(2)3;1-4-5-11-6-7-12-9(10)8(2)3/h2*2,4-7H2,1,3H3. The van der Waals surface area contributed by atoms with Crippen LogP contribution in [-0.2, 0) is 28.5 Å². The lowest BCUT2D eigenvalue weighted by molar-refractivity contribution is -0.140. The van der Waals surface area contributed by atoms with Crippen molar-refractivity contribution in [3.8, 4) is 0 Å². The van der Waals surface area contributed by atoms with Crippen molar-refractivity contribution in [2.75, 3.05) is 39.6 Å². The van der Waals surface area contributed by atoms with Crippen molar-refractivity contribution in [2.24, 2.45) is 0 Å². The highest BCUT2D eigenvalue weighted by molar-refractivity contribution is 5.87. The van der Waals surface area contributed by atoms with Gasteiger partial charge in [0.25, 0.3) is 0 Å². The van der Waals surface area contributed by atoms with Gasteiger partial charge in [-0.2, -0.15) is 0 Å². The predicted octanol–water partition coefficient (Wildman–Crippen LogP) is 3.06. The SMILES string of the molecule is C=C(C)C(=O)OCCCOCC.C=C(C)C(=O)OCCOCCC. The number of hydrogen-bond acceptors (Lipinski definition) is 6. The summed E-state index contributed by atoms with van der Waals surface area (Å²) >= 11 is 0. The Kier molecular flexibility index (Phi) is 18.1. The van der Waals surface area contributed by atoms with Crippen molar-refractivity contribution in [1.29, 1.82) is 0 Å². The van der Waals surface area contributed by atoms with Gasteiger partial charge in [-0.05, 0) is 27.2 Å². The smallest absolute Gasteiger partial charge is 0.333 e. The van der Waals surface area contributed by atoms with Crippen LogP contribution in [0.4, 0.5) is 0 Å². The minimum atomic E-state index is -0.352. The summed E-state index contributed by atoms with van der Waals surface area (Å²) in [5.41, 5.74) is 0.858. The summed E-state index contributed by atoms with van der Waals surface area (Å²) in [6.45, 7) is 17.4.